The Kier molecular flexibility index (Phi) is 3.24. The summed E-state index contributed by atoms with van der Waals surface area (Å²) in [5.41, 5.74) is 7.52. The van der Waals surface area contributed by atoms with Crippen LogP contribution in [0.1, 0.15) is 42.9 Å². The van der Waals surface area contributed by atoms with E-state index in [1.165, 1.54) is 13.2 Å². The van der Waals surface area contributed by atoms with Crippen LogP contribution < -0.4 is 15.2 Å². The van der Waals surface area contributed by atoms with Gasteiger partial charge in [0.15, 0.2) is 11.5 Å². The molecule has 0 fully saturated rings. The van der Waals surface area contributed by atoms with E-state index in [0.717, 1.165) is 18.4 Å². The first-order valence-corrected chi connectivity index (χ1v) is 5.80. The summed E-state index contributed by atoms with van der Waals surface area (Å²) in [6.45, 7) is 2.01. The van der Waals surface area contributed by atoms with Crippen molar-refractivity contribution in [3.05, 3.63) is 23.0 Å². The van der Waals surface area contributed by atoms with Gasteiger partial charge in [-0.25, -0.2) is 4.39 Å². The lowest BCUT2D eigenvalue weighted by molar-refractivity contribution is 0.338. The lowest BCUT2D eigenvalue weighted by Gasteiger charge is -2.30. The normalized spacial score (nSPS) is 23.1. The number of methoxy groups -OCH3 is 2. The zero-order chi connectivity index (χ0) is 12.6. The van der Waals surface area contributed by atoms with Gasteiger partial charge in [0.2, 0.25) is 0 Å². The number of halogens is 1. The zero-order valence-corrected chi connectivity index (χ0v) is 10.4. The molecule has 1 unspecified atom stereocenters. The Morgan fingerprint density at radius 1 is 1.24 bits per heavy atom. The third-order valence-corrected chi connectivity index (χ3v) is 3.47. The molecule has 0 saturated carbocycles. The quantitative estimate of drug-likeness (QED) is 0.863. The molecule has 94 valence electrons. The first kappa shape index (κ1) is 12.2. The number of hydrogen-bond donors (Lipinski definition) is 1. The first-order chi connectivity index (χ1) is 8.10. The Bertz CT molecular complexity index is 434. The van der Waals surface area contributed by atoms with E-state index in [2.05, 4.69) is 0 Å². The summed E-state index contributed by atoms with van der Waals surface area (Å²) in [4.78, 5) is 0. The zero-order valence-electron chi connectivity index (χ0n) is 10.4. The minimum absolute atomic E-state index is 0.171. The van der Waals surface area contributed by atoms with E-state index in [1.807, 2.05) is 6.92 Å². The van der Waals surface area contributed by atoms with Gasteiger partial charge in [0.25, 0.3) is 0 Å². The Balaban J connectivity index is 2.70. The average molecular weight is 239 g/mol. The molecule has 0 saturated heterocycles. The van der Waals surface area contributed by atoms with Crippen molar-refractivity contribution in [3.8, 4) is 11.5 Å². The summed E-state index contributed by atoms with van der Waals surface area (Å²) in [7, 11) is 3.06. The highest BCUT2D eigenvalue weighted by Gasteiger charge is 2.30. The van der Waals surface area contributed by atoms with Gasteiger partial charge in [0.05, 0.1) is 14.2 Å². The molecule has 2 rings (SSSR count). The maximum atomic E-state index is 14.1. The molecule has 4 heteroatoms. The van der Waals surface area contributed by atoms with E-state index >= 15 is 0 Å². The Labute approximate surface area is 101 Å². The van der Waals surface area contributed by atoms with E-state index in [-0.39, 0.29) is 17.8 Å². The third-order valence-electron chi connectivity index (χ3n) is 3.47. The van der Waals surface area contributed by atoms with Crippen LogP contribution in [0.2, 0.25) is 0 Å². The van der Waals surface area contributed by atoms with E-state index in [1.54, 1.807) is 7.11 Å². The number of fused-ring (bicyclic) bond motifs is 1. The van der Waals surface area contributed by atoms with Crippen LogP contribution in [0, 0.1) is 5.82 Å². The fraction of sp³-hybridized carbons (Fsp3) is 0.538. The molecule has 17 heavy (non-hydrogen) atoms. The lowest BCUT2D eigenvalue weighted by Crippen LogP contribution is -2.22. The molecule has 2 atom stereocenters. The minimum Gasteiger partial charge on any atom is -0.493 e. The predicted molar refractivity (Wildman–Crippen MR) is 64.1 cm³/mol. The Hall–Kier alpha value is -1.29. The molecule has 1 aromatic rings. The molecule has 0 bridgehead atoms. The summed E-state index contributed by atoms with van der Waals surface area (Å²) in [6, 6.07) is 1.20. The molecule has 0 radical (unpaired) electrons. The van der Waals surface area contributed by atoms with Gasteiger partial charge in [-0.3, -0.25) is 0 Å². The highest BCUT2D eigenvalue weighted by atomic mass is 19.1. The molecule has 2 N–H and O–H groups in total. The number of rotatable bonds is 2. The van der Waals surface area contributed by atoms with Crippen molar-refractivity contribution < 1.29 is 13.9 Å². The van der Waals surface area contributed by atoms with Crippen molar-refractivity contribution in [1.82, 2.24) is 0 Å². The van der Waals surface area contributed by atoms with Crippen LogP contribution in [0.5, 0.6) is 11.5 Å². The monoisotopic (exact) mass is 239 g/mol. The highest BCUT2D eigenvalue weighted by Crippen LogP contribution is 2.46. The average Bonchev–Trinajstić information content (AvgIpc) is 2.32. The van der Waals surface area contributed by atoms with Crippen molar-refractivity contribution in [1.29, 1.82) is 0 Å². The number of nitrogens with two attached hydrogens (primary N) is 1. The topological polar surface area (TPSA) is 44.5 Å². The molecule has 0 heterocycles. The Morgan fingerprint density at radius 3 is 2.53 bits per heavy atom. The molecular formula is C13H18FNO2. The molecule has 0 amide bonds. The van der Waals surface area contributed by atoms with Crippen LogP contribution in [-0.2, 0) is 0 Å². The van der Waals surface area contributed by atoms with Gasteiger partial charge in [-0.2, -0.15) is 0 Å². The van der Waals surface area contributed by atoms with Crippen LogP contribution in [-0.4, -0.2) is 14.2 Å². The fourth-order valence-electron chi connectivity index (χ4n) is 2.59. The SMILES string of the molecule is COc1cc(F)c2c(c1OC)[C@@H](N)CCC2C. The maximum absolute atomic E-state index is 14.1. The molecule has 0 spiro atoms. The van der Waals surface area contributed by atoms with Crippen LogP contribution in [0.4, 0.5) is 4.39 Å². The van der Waals surface area contributed by atoms with Crippen LogP contribution >= 0.6 is 0 Å². The second kappa shape index (κ2) is 4.53. The van der Waals surface area contributed by atoms with Crippen LogP contribution in [0.25, 0.3) is 0 Å². The highest BCUT2D eigenvalue weighted by molar-refractivity contribution is 5.54. The maximum Gasteiger partial charge on any atom is 0.165 e. The standard InChI is InChI=1S/C13H18FNO2/c1-7-4-5-9(15)12-11(7)8(14)6-10(16-2)13(12)17-3/h6-7,9H,4-5,15H2,1-3H3/t7?,9-/m0/s1. The number of ether oxygens (including phenoxy) is 2. The smallest absolute Gasteiger partial charge is 0.165 e. The predicted octanol–water partition coefficient (Wildman–Crippen LogP) is 2.74. The second-order valence-corrected chi connectivity index (χ2v) is 4.51. The van der Waals surface area contributed by atoms with Crippen molar-refractivity contribution >= 4 is 0 Å². The summed E-state index contributed by atoms with van der Waals surface area (Å²) in [5.74, 6) is 0.904. The molecule has 0 aliphatic heterocycles. The molecular weight excluding hydrogens is 221 g/mol. The second-order valence-electron chi connectivity index (χ2n) is 4.51. The summed E-state index contributed by atoms with van der Waals surface area (Å²) in [5, 5.41) is 0. The van der Waals surface area contributed by atoms with Gasteiger partial charge in [-0.1, -0.05) is 6.92 Å². The number of benzene rings is 1. The minimum atomic E-state index is -0.250. The molecule has 1 aliphatic carbocycles. The summed E-state index contributed by atoms with van der Waals surface area (Å²) >= 11 is 0. The van der Waals surface area contributed by atoms with Gasteiger partial charge < -0.3 is 15.2 Å². The third kappa shape index (κ3) is 1.86. The molecule has 0 aromatic heterocycles. The molecule has 1 aliphatic rings. The van der Waals surface area contributed by atoms with Gasteiger partial charge >= 0.3 is 0 Å². The van der Waals surface area contributed by atoms with Gasteiger partial charge in [-0.05, 0) is 24.3 Å². The molecule has 1 aromatic carbocycles. The Morgan fingerprint density at radius 2 is 1.94 bits per heavy atom. The van der Waals surface area contributed by atoms with Crippen molar-refractivity contribution in [3.63, 3.8) is 0 Å². The van der Waals surface area contributed by atoms with Gasteiger partial charge in [0.1, 0.15) is 5.82 Å². The molecule has 3 nitrogen and oxygen atoms in total. The van der Waals surface area contributed by atoms with E-state index in [4.69, 9.17) is 15.2 Å². The van der Waals surface area contributed by atoms with Gasteiger partial charge in [-0.15, -0.1) is 0 Å². The van der Waals surface area contributed by atoms with E-state index < -0.39 is 0 Å². The fourth-order valence-corrected chi connectivity index (χ4v) is 2.59. The largest absolute Gasteiger partial charge is 0.493 e. The van der Waals surface area contributed by atoms with Gasteiger partial charge in [0, 0.05) is 17.7 Å². The van der Waals surface area contributed by atoms with Crippen LogP contribution in [0.3, 0.4) is 0 Å². The van der Waals surface area contributed by atoms with Crippen molar-refractivity contribution in [2.45, 2.75) is 31.7 Å². The first-order valence-electron chi connectivity index (χ1n) is 5.80. The van der Waals surface area contributed by atoms with E-state index in [0.29, 0.717) is 17.1 Å². The summed E-state index contributed by atoms with van der Waals surface area (Å²) < 4.78 is 24.6. The number of hydrogen-bond acceptors (Lipinski definition) is 3. The van der Waals surface area contributed by atoms with E-state index in [9.17, 15) is 4.39 Å². The van der Waals surface area contributed by atoms with Crippen molar-refractivity contribution in [2.75, 3.05) is 14.2 Å². The van der Waals surface area contributed by atoms with Crippen molar-refractivity contribution in [2.24, 2.45) is 5.73 Å². The van der Waals surface area contributed by atoms with Crippen LogP contribution in [0.15, 0.2) is 6.07 Å². The lowest BCUT2D eigenvalue weighted by atomic mass is 9.80. The summed E-state index contributed by atoms with van der Waals surface area (Å²) in [6.07, 6.45) is 1.75.